The summed E-state index contributed by atoms with van der Waals surface area (Å²) in [5, 5.41) is 6.43. The van der Waals surface area contributed by atoms with Crippen molar-refractivity contribution in [2.45, 2.75) is 38.1 Å². The SMILES string of the molecule is CNC(=O)c1c(F)cnc2c(C(C)[C@H](C)CNc3cc(-c4ccc(C5(N)CC5)nc4)ncn3)cccc12. The van der Waals surface area contributed by atoms with Crippen molar-refractivity contribution in [2.75, 3.05) is 18.9 Å². The highest BCUT2D eigenvalue weighted by atomic mass is 19.1. The Morgan fingerprint density at radius 1 is 1.11 bits per heavy atom. The molecule has 1 aliphatic rings. The lowest BCUT2D eigenvalue weighted by molar-refractivity contribution is 0.0960. The number of rotatable bonds is 8. The van der Waals surface area contributed by atoms with Crippen LogP contribution in [0.4, 0.5) is 10.2 Å². The number of carbonyl (C=O) groups excluding carboxylic acids is 1. The molecule has 4 aromatic rings. The van der Waals surface area contributed by atoms with Gasteiger partial charge in [-0.15, -0.1) is 0 Å². The second-order valence-corrected chi connectivity index (χ2v) is 9.83. The predicted molar refractivity (Wildman–Crippen MR) is 142 cm³/mol. The highest BCUT2D eigenvalue weighted by Gasteiger charge is 2.41. The number of carbonyl (C=O) groups is 1. The molecule has 0 aliphatic heterocycles. The monoisotopic (exact) mass is 499 g/mol. The number of nitrogens with one attached hydrogen (secondary N) is 2. The van der Waals surface area contributed by atoms with Crippen LogP contribution >= 0.6 is 0 Å². The van der Waals surface area contributed by atoms with E-state index in [1.807, 2.05) is 36.5 Å². The molecule has 1 fully saturated rings. The molecule has 190 valence electrons. The van der Waals surface area contributed by atoms with Crippen LogP contribution in [0.2, 0.25) is 0 Å². The topological polar surface area (TPSA) is 119 Å². The van der Waals surface area contributed by atoms with Gasteiger partial charge in [-0.3, -0.25) is 14.8 Å². The zero-order chi connectivity index (χ0) is 26.2. The van der Waals surface area contributed by atoms with E-state index in [4.69, 9.17) is 5.73 Å². The molecule has 2 atom stereocenters. The van der Waals surface area contributed by atoms with Crippen molar-refractivity contribution >= 4 is 22.6 Å². The van der Waals surface area contributed by atoms with E-state index in [0.717, 1.165) is 41.6 Å². The number of hydrogen-bond acceptors (Lipinski definition) is 7. The minimum Gasteiger partial charge on any atom is -0.370 e. The number of benzene rings is 1. The summed E-state index contributed by atoms with van der Waals surface area (Å²) in [6.07, 6.45) is 6.40. The Hall–Kier alpha value is -3.98. The van der Waals surface area contributed by atoms with Gasteiger partial charge in [0.25, 0.3) is 5.91 Å². The molecule has 0 radical (unpaired) electrons. The van der Waals surface area contributed by atoms with Crippen molar-refractivity contribution < 1.29 is 9.18 Å². The fourth-order valence-corrected chi connectivity index (χ4v) is 4.54. The molecule has 0 saturated heterocycles. The lowest BCUT2D eigenvalue weighted by atomic mass is 9.87. The Bertz CT molecular complexity index is 1450. The average Bonchev–Trinajstić information content (AvgIpc) is 3.69. The summed E-state index contributed by atoms with van der Waals surface area (Å²) in [5.41, 5.74) is 10.2. The highest BCUT2D eigenvalue weighted by Crippen LogP contribution is 2.41. The number of amides is 1. The predicted octanol–water partition coefficient (Wildman–Crippen LogP) is 4.39. The average molecular weight is 500 g/mol. The first-order chi connectivity index (χ1) is 17.8. The van der Waals surface area contributed by atoms with Gasteiger partial charge in [-0.2, -0.15) is 0 Å². The van der Waals surface area contributed by atoms with Crippen molar-refractivity contribution in [1.82, 2.24) is 25.3 Å². The number of fused-ring (bicyclic) bond motifs is 1. The van der Waals surface area contributed by atoms with Crippen LogP contribution in [0.15, 0.2) is 55.1 Å². The third kappa shape index (κ3) is 4.86. The fraction of sp³-hybridized carbons (Fsp3) is 0.321. The van der Waals surface area contributed by atoms with Gasteiger partial charge >= 0.3 is 0 Å². The van der Waals surface area contributed by atoms with Crippen molar-refractivity contribution in [3.8, 4) is 11.3 Å². The molecule has 8 nitrogen and oxygen atoms in total. The molecule has 1 amide bonds. The number of hydrogen-bond donors (Lipinski definition) is 3. The largest absolute Gasteiger partial charge is 0.370 e. The van der Waals surface area contributed by atoms with E-state index in [-0.39, 0.29) is 22.9 Å². The second kappa shape index (κ2) is 9.82. The quantitative estimate of drug-likeness (QED) is 0.329. The van der Waals surface area contributed by atoms with Gasteiger partial charge in [0.2, 0.25) is 0 Å². The number of halogens is 1. The number of pyridine rings is 2. The summed E-state index contributed by atoms with van der Waals surface area (Å²) in [5.74, 6) is -0.129. The molecule has 1 saturated carbocycles. The van der Waals surface area contributed by atoms with Crippen LogP contribution in [0.1, 0.15) is 54.2 Å². The molecule has 3 heterocycles. The van der Waals surface area contributed by atoms with Gasteiger partial charge in [-0.05, 0) is 42.4 Å². The number of aromatic nitrogens is 4. The number of nitrogens with zero attached hydrogens (tertiary/aromatic N) is 4. The Morgan fingerprint density at radius 3 is 2.62 bits per heavy atom. The van der Waals surface area contributed by atoms with E-state index in [1.54, 1.807) is 6.07 Å². The molecule has 9 heteroatoms. The first-order valence-corrected chi connectivity index (χ1v) is 12.4. The maximum atomic E-state index is 14.4. The van der Waals surface area contributed by atoms with Crippen LogP contribution in [0, 0.1) is 11.7 Å². The molecule has 3 aromatic heterocycles. The number of para-hydroxylation sites is 1. The lowest BCUT2D eigenvalue weighted by Gasteiger charge is -2.22. The normalized spacial score (nSPS) is 15.7. The maximum absolute atomic E-state index is 14.4. The van der Waals surface area contributed by atoms with E-state index in [2.05, 4.69) is 44.4 Å². The van der Waals surface area contributed by atoms with Crippen LogP contribution in [0.25, 0.3) is 22.2 Å². The zero-order valence-electron chi connectivity index (χ0n) is 21.1. The minimum absolute atomic E-state index is 0.0159. The van der Waals surface area contributed by atoms with Crippen molar-refractivity contribution in [1.29, 1.82) is 0 Å². The molecule has 4 N–H and O–H groups in total. The van der Waals surface area contributed by atoms with Gasteiger partial charge in [0, 0.05) is 36.8 Å². The van der Waals surface area contributed by atoms with E-state index in [9.17, 15) is 9.18 Å². The van der Waals surface area contributed by atoms with Gasteiger partial charge in [0.05, 0.1) is 34.2 Å². The smallest absolute Gasteiger partial charge is 0.254 e. The van der Waals surface area contributed by atoms with Crippen LogP contribution in [0.3, 0.4) is 0 Å². The number of nitrogens with two attached hydrogens (primary N) is 1. The van der Waals surface area contributed by atoms with Gasteiger partial charge in [-0.25, -0.2) is 14.4 Å². The van der Waals surface area contributed by atoms with Crippen molar-refractivity contribution in [3.63, 3.8) is 0 Å². The Kier molecular flexibility index (Phi) is 6.55. The summed E-state index contributed by atoms with van der Waals surface area (Å²) in [6.45, 7) is 4.88. The third-order valence-electron chi connectivity index (χ3n) is 7.31. The Balaban J connectivity index is 1.31. The molecule has 1 aliphatic carbocycles. The summed E-state index contributed by atoms with van der Waals surface area (Å²) < 4.78 is 14.4. The van der Waals surface area contributed by atoms with Gasteiger partial charge < -0.3 is 16.4 Å². The molecule has 0 bridgehead atoms. The van der Waals surface area contributed by atoms with E-state index in [1.165, 1.54) is 13.4 Å². The second-order valence-electron chi connectivity index (χ2n) is 9.83. The van der Waals surface area contributed by atoms with Crippen molar-refractivity contribution in [3.05, 3.63) is 77.8 Å². The maximum Gasteiger partial charge on any atom is 0.254 e. The molecule has 5 rings (SSSR count). The molecular formula is C28H30FN7O. The van der Waals surface area contributed by atoms with Gasteiger partial charge in [0.1, 0.15) is 12.1 Å². The fourth-order valence-electron chi connectivity index (χ4n) is 4.54. The van der Waals surface area contributed by atoms with Gasteiger partial charge in [0.15, 0.2) is 5.82 Å². The molecular weight excluding hydrogens is 469 g/mol. The summed E-state index contributed by atoms with van der Waals surface area (Å²) in [7, 11) is 1.49. The van der Waals surface area contributed by atoms with Crippen LogP contribution < -0.4 is 16.4 Å². The molecule has 1 aromatic carbocycles. The Morgan fingerprint density at radius 2 is 1.92 bits per heavy atom. The molecule has 1 unspecified atom stereocenters. The van der Waals surface area contributed by atoms with Gasteiger partial charge in [-0.1, -0.05) is 32.0 Å². The standard InChI is InChI=1S/C28H30FN7O/c1-16(17(2)19-5-4-6-20-25(27(37)31-3)21(29)14-34-26(19)20)12-33-24-11-22(35-15-36-24)18-7-8-23(32-13-18)28(30)9-10-28/h4-8,11,13-17H,9-10,12,30H2,1-3H3,(H,31,37)(H,33,35,36)/t16-,17?/m1/s1. The highest BCUT2D eigenvalue weighted by molar-refractivity contribution is 6.06. The first kappa shape index (κ1) is 24.7. The molecule has 37 heavy (non-hydrogen) atoms. The summed E-state index contributed by atoms with van der Waals surface area (Å²) in [6, 6.07) is 11.4. The van der Waals surface area contributed by atoms with Crippen LogP contribution in [0.5, 0.6) is 0 Å². The van der Waals surface area contributed by atoms with E-state index in [0.29, 0.717) is 23.3 Å². The van der Waals surface area contributed by atoms with Crippen LogP contribution in [-0.2, 0) is 5.54 Å². The summed E-state index contributed by atoms with van der Waals surface area (Å²) >= 11 is 0. The zero-order valence-corrected chi connectivity index (χ0v) is 21.1. The number of anilines is 1. The van der Waals surface area contributed by atoms with Crippen molar-refractivity contribution in [2.24, 2.45) is 11.7 Å². The summed E-state index contributed by atoms with van der Waals surface area (Å²) in [4.78, 5) is 30.0. The molecule has 0 spiro atoms. The van der Waals surface area contributed by atoms with Crippen LogP contribution in [-0.4, -0.2) is 39.4 Å². The first-order valence-electron chi connectivity index (χ1n) is 12.4. The van der Waals surface area contributed by atoms with E-state index < -0.39 is 11.7 Å². The lowest BCUT2D eigenvalue weighted by Crippen LogP contribution is -2.21. The minimum atomic E-state index is -0.633. The third-order valence-corrected chi connectivity index (χ3v) is 7.31. The van der Waals surface area contributed by atoms with E-state index >= 15 is 0 Å². The Labute approximate surface area is 215 Å².